The number of carbonyl (C=O) groups is 1. The Morgan fingerprint density at radius 1 is 1.40 bits per heavy atom. The molecule has 6 heteroatoms. The van der Waals surface area contributed by atoms with Crippen LogP contribution in [0.1, 0.15) is 19.3 Å². The van der Waals surface area contributed by atoms with E-state index in [1.807, 2.05) is 0 Å². The van der Waals surface area contributed by atoms with E-state index in [0.717, 1.165) is 19.3 Å². The number of piperidine rings is 1. The smallest absolute Gasteiger partial charge is 0.422 e. The van der Waals surface area contributed by atoms with Crippen molar-refractivity contribution in [3.05, 3.63) is 0 Å². The lowest BCUT2D eigenvalue weighted by Gasteiger charge is -2.26. The van der Waals surface area contributed by atoms with Gasteiger partial charge in [-0.3, -0.25) is 0 Å². The SMILES string of the molecule is O=C(OCC(F)(F)F)N1CC2CCC1C2. The molecule has 2 unspecified atom stereocenters. The van der Waals surface area contributed by atoms with E-state index in [9.17, 15) is 18.0 Å². The number of carbonyl (C=O) groups excluding carboxylic acids is 1. The average molecular weight is 223 g/mol. The molecular formula is C9H12F3NO2. The highest BCUT2D eigenvalue weighted by Gasteiger charge is 2.42. The monoisotopic (exact) mass is 223 g/mol. The van der Waals surface area contributed by atoms with Gasteiger partial charge < -0.3 is 9.64 Å². The Bertz CT molecular complexity index is 267. The van der Waals surface area contributed by atoms with Crippen LogP contribution in [0.25, 0.3) is 0 Å². The zero-order valence-electron chi connectivity index (χ0n) is 8.09. The molecule has 0 aromatic rings. The molecule has 3 nitrogen and oxygen atoms in total. The van der Waals surface area contributed by atoms with Gasteiger partial charge in [0.2, 0.25) is 0 Å². The zero-order valence-corrected chi connectivity index (χ0v) is 8.09. The van der Waals surface area contributed by atoms with Crippen LogP contribution in [-0.4, -0.2) is 36.4 Å². The second-order valence-corrected chi connectivity index (χ2v) is 4.16. The number of halogens is 3. The molecule has 1 saturated heterocycles. The van der Waals surface area contributed by atoms with E-state index in [1.165, 1.54) is 4.90 Å². The van der Waals surface area contributed by atoms with Gasteiger partial charge in [-0.05, 0) is 25.2 Å². The topological polar surface area (TPSA) is 29.5 Å². The van der Waals surface area contributed by atoms with Crippen molar-refractivity contribution in [2.45, 2.75) is 31.5 Å². The van der Waals surface area contributed by atoms with Crippen LogP contribution in [0.15, 0.2) is 0 Å². The van der Waals surface area contributed by atoms with Gasteiger partial charge in [-0.25, -0.2) is 4.79 Å². The Morgan fingerprint density at radius 2 is 2.13 bits per heavy atom. The van der Waals surface area contributed by atoms with Crippen molar-refractivity contribution in [2.75, 3.05) is 13.2 Å². The van der Waals surface area contributed by atoms with Gasteiger partial charge in [0.05, 0.1) is 0 Å². The Kier molecular flexibility index (Phi) is 2.52. The Balaban J connectivity index is 1.82. The minimum Gasteiger partial charge on any atom is -0.440 e. The summed E-state index contributed by atoms with van der Waals surface area (Å²) in [5.41, 5.74) is 0. The van der Waals surface area contributed by atoms with E-state index in [4.69, 9.17) is 0 Å². The van der Waals surface area contributed by atoms with Crippen LogP contribution in [0.4, 0.5) is 18.0 Å². The van der Waals surface area contributed by atoms with E-state index in [2.05, 4.69) is 4.74 Å². The fraction of sp³-hybridized carbons (Fsp3) is 0.889. The number of hydrogen-bond acceptors (Lipinski definition) is 2. The normalized spacial score (nSPS) is 29.7. The highest BCUT2D eigenvalue weighted by atomic mass is 19.4. The molecule has 86 valence electrons. The number of alkyl halides is 3. The molecule has 1 heterocycles. The minimum atomic E-state index is -4.44. The van der Waals surface area contributed by atoms with Crippen molar-refractivity contribution >= 4 is 6.09 Å². The summed E-state index contributed by atoms with van der Waals surface area (Å²) in [6.45, 7) is -0.929. The summed E-state index contributed by atoms with van der Waals surface area (Å²) >= 11 is 0. The van der Waals surface area contributed by atoms with Gasteiger partial charge in [0, 0.05) is 12.6 Å². The van der Waals surface area contributed by atoms with Crippen LogP contribution in [0, 0.1) is 5.92 Å². The molecule has 0 aromatic carbocycles. The molecule has 2 rings (SSSR count). The van der Waals surface area contributed by atoms with Gasteiger partial charge in [0.15, 0.2) is 6.61 Å². The summed E-state index contributed by atoms with van der Waals surface area (Å²) in [5, 5.41) is 0. The lowest BCUT2D eigenvalue weighted by Crippen LogP contribution is -2.39. The molecule has 15 heavy (non-hydrogen) atoms. The van der Waals surface area contributed by atoms with E-state index < -0.39 is 18.9 Å². The summed E-state index contributed by atoms with van der Waals surface area (Å²) in [5.74, 6) is 0.466. The first kappa shape index (κ1) is 10.6. The highest BCUT2D eigenvalue weighted by Crippen LogP contribution is 2.37. The molecule has 0 spiro atoms. The lowest BCUT2D eigenvalue weighted by atomic mass is 10.1. The number of likely N-dealkylation sites (tertiary alicyclic amines) is 1. The van der Waals surface area contributed by atoms with Gasteiger partial charge in [0.1, 0.15) is 0 Å². The molecule has 2 aliphatic rings. The van der Waals surface area contributed by atoms with Crippen LogP contribution < -0.4 is 0 Å². The molecule has 2 bridgehead atoms. The quantitative estimate of drug-likeness (QED) is 0.681. The number of amides is 1. The summed E-state index contributed by atoms with van der Waals surface area (Å²) in [4.78, 5) is 12.7. The van der Waals surface area contributed by atoms with Gasteiger partial charge >= 0.3 is 12.3 Å². The van der Waals surface area contributed by atoms with Crippen LogP contribution in [0.3, 0.4) is 0 Å². The van der Waals surface area contributed by atoms with Crippen molar-refractivity contribution in [3.8, 4) is 0 Å². The Morgan fingerprint density at radius 3 is 2.60 bits per heavy atom. The molecule has 2 atom stereocenters. The second kappa shape index (κ2) is 3.57. The number of ether oxygens (including phenoxy) is 1. The molecule has 0 N–H and O–H groups in total. The number of fused-ring (bicyclic) bond motifs is 2. The average Bonchev–Trinajstić information content (AvgIpc) is 2.73. The number of nitrogens with zero attached hydrogens (tertiary/aromatic N) is 1. The van der Waals surface area contributed by atoms with Crippen LogP contribution >= 0.6 is 0 Å². The summed E-state index contributed by atoms with van der Waals surface area (Å²) in [7, 11) is 0. The molecule has 0 radical (unpaired) electrons. The van der Waals surface area contributed by atoms with Gasteiger partial charge in [-0.15, -0.1) is 0 Å². The third-order valence-corrected chi connectivity index (χ3v) is 3.00. The van der Waals surface area contributed by atoms with E-state index >= 15 is 0 Å². The van der Waals surface area contributed by atoms with E-state index in [1.54, 1.807) is 0 Å². The summed E-state index contributed by atoms with van der Waals surface area (Å²) in [6, 6.07) is 0.107. The summed E-state index contributed by atoms with van der Waals surface area (Å²) in [6.07, 6.45) is -2.37. The Hall–Kier alpha value is -0.940. The number of hydrogen-bond donors (Lipinski definition) is 0. The predicted octanol–water partition coefficient (Wildman–Crippen LogP) is 2.17. The fourth-order valence-corrected chi connectivity index (χ4v) is 2.37. The van der Waals surface area contributed by atoms with Crippen molar-refractivity contribution in [1.29, 1.82) is 0 Å². The maximum absolute atomic E-state index is 11.8. The molecule has 2 fully saturated rings. The largest absolute Gasteiger partial charge is 0.440 e. The van der Waals surface area contributed by atoms with Crippen molar-refractivity contribution < 1.29 is 22.7 Å². The van der Waals surface area contributed by atoms with Gasteiger partial charge in [-0.2, -0.15) is 13.2 Å². The maximum atomic E-state index is 11.8. The van der Waals surface area contributed by atoms with Crippen LogP contribution in [-0.2, 0) is 4.74 Å². The second-order valence-electron chi connectivity index (χ2n) is 4.16. The standard InChI is InChI=1S/C9H12F3NO2/c10-9(11,12)5-15-8(14)13-4-6-1-2-7(13)3-6/h6-7H,1-5H2. The highest BCUT2D eigenvalue weighted by molar-refractivity contribution is 5.68. The molecule has 1 saturated carbocycles. The van der Waals surface area contributed by atoms with Crippen molar-refractivity contribution in [1.82, 2.24) is 4.90 Å². The number of rotatable bonds is 1. The van der Waals surface area contributed by atoms with E-state index in [-0.39, 0.29) is 6.04 Å². The first-order chi connectivity index (χ1) is 6.96. The van der Waals surface area contributed by atoms with Gasteiger partial charge in [-0.1, -0.05) is 0 Å². The van der Waals surface area contributed by atoms with E-state index in [0.29, 0.717) is 12.5 Å². The fourth-order valence-electron chi connectivity index (χ4n) is 2.37. The van der Waals surface area contributed by atoms with Crippen LogP contribution in [0.5, 0.6) is 0 Å². The summed E-state index contributed by atoms with van der Waals surface area (Å²) < 4.78 is 39.6. The Labute approximate surface area is 85.2 Å². The van der Waals surface area contributed by atoms with Crippen molar-refractivity contribution in [3.63, 3.8) is 0 Å². The molecule has 1 aliphatic carbocycles. The molecular weight excluding hydrogens is 211 g/mol. The molecule has 1 amide bonds. The first-order valence-corrected chi connectivity index (χ1v) is 4.96. The third kappa shape index (κ3) is 2.35. The molecule has 0 aromatic heterocycles. The predicted molar refractivity (Wildman–Crippen MR) is 45.2 cm³/mol. The lowest BCUT2D eigenvalue weighted by molar-refractivity contribution is -0.162. The third-order valence-electron chi connectivity index (χ3n) is 3.00. The zero-order chi connectivity index (χ0) is 11.1. The molecule has 1 aliphatic heterocycles. The van der Waals surface area contributed by atoms with Crippen LogP contribution in [0.2, 0.25) is 0 Å². The first-order valence-electron chi connectivity index (χ1n) is 4.96. The maximum Gasteiger partial charge on any atom is 0.422 e. The van der Waals surface area contributed by atoms with Gasteiger partial charge in [0.25, 0.3) is 0 Å². The van der Waals surface area contributed by atoms with Crippen molar-refractivity contribution in [2.24, 2.45) is 5.92 Å². The minimum absolute atomic E-state index is 0.107.